The van der Waals surface area contributed by atoms with E-state index in [2.05, 4.69) is 208 Å². The van der Waals surface area contributed by atoms with Crippen LogP contribution >= 0.6 is 0 Å². The third-order valence-electron chi connectivity index (χ3n) is 12.3. The van der Waals surface area contributed by atoms with Crippen molar-refractivity contribution in [2.24, 2.45) is 0 Å². The molecule has 0 amide bonds. The van der Waals surface area contributed by atoms with Crippen molar-refractivity contribution in [3.05, 3.63) is 205 Å². The van der Waals surface area contributed by atoms with E-state index >= 15 is 0 Å². The van der Waals surface area contributed by atoms with Crippen molar-refractivity contribution in [1.29, 1.82) is 0 Å². The summed E-state index contributed by atoms with van der Waals surface area (Å²) in [5.74, 6) is 0. The molecule has 0 unspecified atom stereocenters. The third-order valence-corrected chi connectivity index (χ3v) is 12.3. The summed E-state index contributed by atoms with van der Waals surface area (Å²) in [6.07, 6.45) is 0. The van der Waals surface area contributed by atoms with Crippen LogP contribution in [0, 0.1) is 0 Å². The average Bonchev–Trinajstić information content (AvgIpc) is 3.47. The first kappa shape index (κ1) is 31.7. The highest BCUT2D eigenvalue weighted by Crippen LogP contribution is 2.52. The van der Waals surface area contributed by atoms with E-state index in [4.69, 9.17) is 0 Å². The first-order chi connectivity index (χ1) is 27.1. The Bertz CT molecular complexity index is 3170. The maximum atomic E-state index is 2.47. The molecule has 1 aliphatic carbocycles. The van der Waals surface area contributed by atoms with Crippen LogP contribution in [-0.4, -0.2) is 0 Å². The molecule has 0 atom stereocenters. The van der Waals surface area contributed by atoms with E-state index in [9.17, 15) is 0 Å². The molecular weight excluding hydrogens is 661 g/mol. The van der Waals surface area contributed by atoms with Crippen LogP contribution in [0.25, 0.3) is 98.7 Å². The molecule has 0 fully saturated rings. The standard InChI is InChI=1S/C55H38/c1-55(2)51-28-12-11-22-44(51)49-34-38(30-32-52(49)55)53-46-24-9-10-25-47(46)54(45-23-8-7-21-43(45)42-27-14-18-36-16-4-6-20-40(36)42)48-31-29-37(33-50(48)53)41-26-13-17-35-15-3-5-19-39(35)41/h3-34H,1-2H3. The highest BCUT2D eigenvalue weighted by atomic mass is 14.4. The Morgan fingerprint density at radius 3 is 1.51 bits per heavy atom. The number of hydrogen-bond donors (Lipinski definition) is 0. The molecule has 10 aromatic rings. The van der Waals surface area contributed by atoms with E-state index in [1.807, 2.05) is 0 Å². The molecule has 0 heteroatoms. The van der Waals surface area contributed by atoms with Crippen molar-refractivity contribution in [1.82, 2.24) is 0 Å². The van der Waals surface area contributed by atoms with Crippen LogP contribution < -0.4 is 0 Å². The molecule has 0 nitrogen and oxygen atoms in total. The lowest BCUT2D eigenvalue weighted by Crippen LogP contribution is -2.14. The summed E-state index contributed by atoms with van der Waals surface area (Å²) >= 11 is 0. The van der Waals surface area contributed by atoms with Crippen LogP contribution in [0.5, 0.6) is 0 Å². The van der Waals surface area contributed by atoms with Gasteiger partial charge in [-0.15, -0.1) is 0 Å². The zero-order chi connectivity index (χ0) is 36.7. The van der Waals surface area contributed by atoms with E-state index in [0.29, 0.717) is 0 Å². The highest BCUT2D eigenvalue weighted by Gasteiger charge is 2.35. The fraction of sp³-hybridized carbons (Fsp3) is 0.0545. The van der Waals surface area contributed by atoms with Crippen molar-refractivity contribution in [3.8, 4) is 55.6 Å². The van der Waals surface area contributed by atoms with Crippen molar-refractivity contribution in [2.45, 2.75) is 19.3 Å². The molecule has 11 rings (SSSR count). The van der Waals surface area contributed by atoms with Crippen LogP contribution in [0.2, 0.25) is 0 Å². The number of rotatable bonds is 4. The van der Waals surface area contributed by atoms with Gasteiger partial charge in [0.05, 0.1) is 0 Å². The number of benzene rings is 10. The van der Waals surface area contributed by atoms with Crippen molar-refractivity contribution in [2.75, 3.05) is 0 Å². The van der Waals surface area contributed by atoms with Crippen LogP contribution in [0.3, 0.4) is 0 Å². The topological polar surface area (TPSA) is 0 Å². The minimum atomic E-state index is -0.0503. The maximum absolute atomic E-state index is 2.47. The smallest absolute Gasteiger partial charge is 0.0158 e. The van der Waals surface area contributed by atoms with Gasteiger partial charge >= 0.3 is 0 Å². The first-order valence-electron chi connectivity index (χ1n) is 19.4. The van der Waals surface area contributed by atoms with Gasteiger partial charge in [-0.1, -0.05) is 196 Å². The molecule has 10 aromatic carbocycles. The van der Waals surface area contributed by atoms with Crippen molar-refractivity contribution in [3.63, 3.8) is 0 Å². The van der Waals surface area contributed by atoms with Gasteiger partial charge in [0.1, 0.15) is 0 Å². The molecule has 0 saturated heterocycles. The van der Waals surface area contributed by atoms with Crippen molar-refractivity contribution < 1.29 is 0 Å². The molecular formula is C55H38. The Kier molecular flexibility index (Phi) is 7.00. The van der Waals surface area contributed by atoms with Crippen LogP contribution in [0.1, 0.15) is 25.0 Å². The molecule has 0 bridgehead atoms. The summed E-state index contributed by atoms with van der Waals surface area (Å²) in [7, 11) is 0. The molecule has 0 N–H and O–H groups in total. The minimum Gasteiger partial charge on any atom is -0.0619 e. The largest absolute Gasteiger partial charge is 0.0619 e. The van der Waals surface area contributed by atoms with E-state index < -0.39 is 0 Å². The van der Waals surface area contributed by atoms with Gasteiger partial charge in [-0.25, -0.2) is 0 Å². The Morgan fingerprint density at radius 2 is 0.764 bits per heavy atom. The van der Waals surface area contributed by atoms with Gasteiger partial charge in [0.15, 0.2) is 0 Å². The molecule has 0 aromatic heterocycles. The van der Waals surface area contributed by atoms with E-state index in [0.717, 1.165) is 0 Å². The van der Waals surface area contributed by atoms with Gasteiger partial charge in [0, 0.05) is 5.41 Å². The summed E-state index contributed by atoms with van der Waals surface area (Å²) in [6.45, 7) is 4.72. The van der Waals surface area contributed by atoms with Gasteiger partial charge in [0.2, 0.25) is 0 Å². The second kappa shape index (κ2) is 12.1. The quantitative estimate of drug-likeness (QED) is 0.161. The summed E-state index contributed by atoms with van der Waals surface area (Å²) in [5, 5.41) is 10.1. The summed E-state index contributed by atoms with van der Waals surface area (Å²) < 4.78 is 0. The molecule has 0 saturated carbocycles. The maximum Gasteiger partial charge on any atom is 0.0158 e. The van der Waals surface area contributed by atoms with Crippen molar-refractivity contribution >= 4 is 43.1 Å². The molecule has 0 aliphatic heterocycles. The fourth-order valence-corrected chi connectivity index (χ4v) is 9.70. The second-order valence-electron chi connectivity index (χ2n) is 15.6. The van der Waals surface area contributed by atoms with E-state index in [-0.39, 0.29) is 5.41 Å². The number of hydrogen-bond acceptors (Lipinski definition) is 0. The van der Waals surface area contributed by atoms with Gasteiger partial charge in [-0.3, -0.25) is 0 Å². The fourth-order valence-electron chi connectivity index (χ4n) is 9.70. The first-order valence-corrected chi connectivity index (χ1v) is 19.4. The molecule has 0 spiro atoms. The molecule has 0 heterocycles. The summed E-state index contributed by atoms with van der Waals surface area (Å²) in [6, 6.07) is 72.3. The average molecular weight is 699 g/mol. The van der Waals surface area contributed by atoms with Gasteiger partial charge in [-0.05, 0) is 122 Å². The second-order valence-corrected chi connectivity index (χ2v) is 15.6. The van der Waals surface area contributed by atoms with Crippen LogP contribution in [0.4, 0.5) is 0 Å². The monoisotopic (exact) mass is 698 g/mol. The zero-order valence-corrected chi connectivity index (χ0v) is 31.0. The molecule has 258 valence electrons. The van der Waals surface area contributed by atoms with Gasteiger partial charge in [0.25, 0.3) is 0 Å². The zero-order valence-electron chi connectivity index (χ0n) is 31.0. The Morgan fingerprint density at radius 1 is 0.273 bits per heavy atom. The summed E-state index contributed by atoms with van der Waals surface area (Å²) in [5.41, 5.74) is 15.4. The third kappa shape index (κ3) is 4.78. The van der Waals surface area contributed by atoms with Crippen LogP contribution in [-0.2, 0) is 5.41 Å². The Labute approximate surface area is 322 Å². The Hall–Kier alpha value is -6.76. The normalized spacial score (nSPS) is 13.1. The molecule has 55 heavy (non-hydrogen) atoms. The Balaban J connectivity index is 1.26. The lowest BCUT2D eigenvalue weighted by molar-refractivity contribution is 0.660. The van der Waals surface area contributed by atoms with Crippen LogP contribution in [0.15, 0.2) is 194 Å². The van der Waals surface area contributed by atoms with Gasteiger partial charge < -0.3 is 0 Å². The number of fused-ring (bicyclic) bond motifs is 7. The van der Waals surface area contributed by atoms with Gasteiger partial charge in [-0.2, -0.15) is 0 Å². The predicted molar refractivity (Wildman–Crippen MR) is 236 cm³/mol. The lowest BCUT2D eigenvalue weighted by atomic mass is 9.80. The lowest BCUT2D eigenvalue weighted by Gasteiger charge is -2.23. The molecule has 1 aliphatic rings. The minimum absolute atomic E-state index is 0.0503. The summed E-state index contributed by atoms with van der Waals surface area (Å²) in [4.78, 5) is 0. The molecule has 0 radical (unpaired) electrons. The highest BCUT2D eigenvalue weighted by molar-refractivity contribution is 6.23. The van der Waals surface area contributed by atoms with E-state index in [1.165, 1.54) is 110 Å². The van der Waals surface area contributed by atoms with E-state index in [1.54, 1.807) is 0 Å². The predicted octanol–water partition coefficient (Wildman–Crippen LogP) is 15.3. The SMILES string of the molecule is CC1(C)c2ccccc2-c2cc(-c3c4ccccc4c(-c4ccccc4-c4cccc5ccccc45)c4ccc(-c5cccc6ccccc56)cc34)ccc21.